The van der Waals surface area contributed by atoms with Crippen molar-refractivity contribution < 1.29 is 6.17 Å². The second-order valence-corrected chi connectivity index (χ2v) is 3.07. The van der Waals surface area contributed by atoms with E-state index in [2.05, 4.69) is 0 Å². The molecule has 0 N–H and O–H groups in total. The summed E-state index contributed by atoms with van der Waals surface area (Å²) in [5.74, 6) is -0.0874. The van der Waals surface area contributed by atoms with Gasteiger partial charge in [0.1, 0.15) is 0 Å². The smallest absolute Gasteiger partial charge is 0.184 e. The van der Waals surface area contributed by atoms with Crippen LogP contribution in [-0.2, 0) is 0 Å². The maximum atomic E-state index is 11.6. The van der Waals surface area contributed by atoms with Gasteiger partial charge in [-0.2, -0.15) is 0 Å². The average Bonchev–Trinajstić information content (AvgIpc) is 2.33. The lowest BCUT2D eigenvalue weighted by atomic mass is 10.1. The van der Waals surface area contributed by atoms with Crippen LogP contribution in [-0.4, -0.2) is 19.4 Å². The Labute approximate surface area is 73.2 Å². The predicted molar refractivity (Wildman–Crippen MR) is 48.8 cm³/mol. The number of rotatable bonds is 0. The van der Waals surface area contributed by atoms with E-state index >= 15 is 0 Å². The van der Waals surface area contributed by atoms with Crippen molar-refractivity contribution in [3.8, 4) is 0 Å². The first-order valence-corrected chi connectivity index (χ1v) is 3.92. The minimum atomic E-state index is -0.754. The van der Waals surface area contributed by atoms with Crippen LogP contribution in [0.25, 0.3) is 0 Å². The molecule has 0 fully saturated rings. The van der Waals surface area contributed by atoms with Gasteiger partial charge in [0, 0.05) is 18.3 Å². The number of nitrogens with zero attached hydrogens (tertiary/aromatic N) is 1. The monoisotopic (exact) mass is 163 g/mol. The number of likely N-dealkylation sites (N-methyl/N-ethyl adjacent to an activating group) is 1. The highest BCUT2D eigenvalue weighted by Crippen LogP contribution is 2.28. The van der Waals surface area contributed by atoms with Gasteiger partial charge in [-0.1, -0.05) is 12.1 Å². The third-order valence-electron chi connectivity index (χ3n) is 2.19. The van der Waals surface area contributed by atoms with Crippen LogP contribution in [0.5, 0.6) is 0 Å². The number of hydrogen-bond acceptors (Lipinski definition) is 2. The number of anilines is 1. The number of Topliss-reactive ketones (excluding diaryl/α,β-unsaturated/α-hetero) is 1. The summed E-state index contributed by atoms with van der Waals surface area (Å²) in [6.07, 6.45) is 0. The molecule has 0 spiro atoms. The minimum absolute atomic E-state index is 0.0874. The van der Waals surface area contributed by atoms with Crippen LogP contribution < -0.4 is 4.90 Å². The number of benzene rings is 1. The standard InChI is InChI=1S/C10H11NO/c1-7-4-3-5-8-10(7)9(12)6-11(8)2/h3-5H,6H2,1-2H3/i6T. The molecular weight excluding hydrogens is 150 g/mol. The van der Waals surface area contributed by atoms with Crippen LogP contribution in [0.3, 0.4) is 0 Å². The van der Waals surface area contributed by atoms with Crippen LogP contribution in [0.1, 0.15) is 17.3 Å². The molecule has 62 valence electrons. The molecule has 2 heteroatoms. The molecule has 12 heavy (non-hydrogen) atoms. The predicted octanol–water partition coefficient (Wildman–Crippen LogP) is 1.63. The summed E-state index contributed by atoms with van der Waals surface area (Å²) < 4.78 is 7.60. The fraction of sp³-hybridized carbons (Fsp3) is 0.300. The number of ketones is 1. The lowest BCUT2D eigenvalue weighted by Gasteiger charge is -2.10. The first-order chi connectivity index (χ1) is 6.13. The molecule has 1 aromatic carbocycles. The van der Waals surface area contributed by atoms with Gasteiger partial charge in [0.05, 0.1) is 7.89 Å². The van der Waals surface area contributed by atoms with Gasteiger partial charge in [0.2, 0.25) is 0 Å². The Hall–Kier alpha value is -1.31. The maximum absolute atomic E-state index is 11.6. The zero-order valence-corrected chi connectivity index (χ0v) is 7.16. The van der Waals surface area contributed by atoms with Crippen LogP contribution in [0.2, 0.25) is 0 Å². The lowest BCUT2D eigenvalue weighted by Crippen LogP contribution is -2.15. The van der Waals surface area contributed by atoms with Crippen molar-refractivity contribution in [1.82, 2.24) is 0 Å². The van der Waals surface area contributed by atoms with Crippen LogP contribution in [0.15, 0.2) is 18.2 Å². The molecule has 0 saturated heterocycles. The van der Waals surface area contributed by atoms with Crippen molar-refractivity contribution in [2.75, 3.05) is 18.5 Å². The topological polar surface area (TPSA) is 20.3 Å². The van der Waals surface area contributed by atoms with E-state index in [1.807, 2.05) is 25.1 Å². The molecule has 2 rings (SSSR count). The second-order valence-electron chi connectivity index (χ2n) is 3.07. The summed E-state index contributed by atoms with van der Waals surface area (Å²) in [5.41, 5.74) is 2.55. The number of aryl methyl sites for hydroxylation is 1. The molecule has 1 heterocycles. The van der Waals surface area contributed by atoms with Crippen LogP contribution in [0, 0.1) is 6.92 Å². The molecule has 1 aromatic rings. The number of hydrogen-bond donors (Lipinski definition) is 0. The number of carbonyl (C=O) groups is 1. The van der Waals surface area contributed by atoms with Crippen molar-refractivity contribution in [1.29, 1.82) is 0 Å². The van der Waals surface area contributed by atoms with E-state index in [0.717, 1.165) is 11.3 Å². The lowest BCUT2D eigenvalue weighted by molar-refractivity contribution is 0.101. The van der Waals surface area contributed by atoms with E-state index in [1.54, 1.807) is 11.9 Å². The molecule has 2 nitrogen and oxygen atoms in total. The average molecular weight is 163 g/mol. The summed E-state index contributed by atoms with van der Waals surface area (Å²) in [4.78, 5) is 13.3. The molecule has 0 amide bonds. The first kappa shape index (κ1) is 6.23. The highest BCUT2D eigenvalue weighted by molar-refractivity contribution is 6.09. The van der Waals surface area contributed by atoms with Crippen molar-refractivity contribution >= 4 is 11.5 Å². The van der Waals surface area contributed by atoms with Crippen molar-refractivity contribution in [2.45, 2.75) is 6.92 Å². The highest BCUT2D eigenvalue weighted by Gasteiger charge is 2.24. The molecule has 1 atom stereocenters. The van der Waals surface area contributed by atoms with Gasteiger partial charge >= 0.3 is 0 Å². The number of carbonyl (C=O) groups excluding carboxylic acids is 1. The Morgan fingerprint density at radius 3 is 3.00 bits per heavy atom. The van der Waals surface area contributed by atoms with Gasteiger partial charge in [0.25, 0.3) is 0 Å². The van der Waals surface area contributed by atoms with Crippen LogP contribution >= 0.6 is 0 Å². The van der Waals surface area contributed by atoms with Crippen molar-refractivity contribution in [3.63, 3.8) is 0 Å². The molecule has 0 aromatic heterocycles. The molecule has 1 aliphatic heterocycles. The number of fused-ring (bicyclic) bond motifs is 1. The van der Waals surface area contributed by atoms with Crippen LogP contribution in [0.4, 0.5) is 5.69 Å². The van der Waals surface area contributed by atoms with Crippen molar-refractivity contribution in [2.24, 2.45) is 0 Å². The van der Waals surface area contributed by atoms with Gasteiger partial charge in [-0.25, -0.2) is 0 Å². The summed E-state index contributed by atoms with van der Waals surface area (Å²) in [5, 5.41) is 0. The van der Waals surface area contributed by atoms with Crippen molar-refractivity contribution in [3.05, 3.63) is 29.3 Å². The Morgan fingerprint density at radius 2 is 2.33 bits per heavy atom. The molecule has 0 bridgehead atoms. The van der Waals surface area contributed by atoms with E-state index < -0.39 is 6.52 Å². The Kier molecular flexibility index (Phi) is 1.21. The third-order valence-corrected chi connectivity index (χ3v) is 2.19. The second kappa shape index (κ2) is 2.34. The molecule has 1 aliphatic rings. The van der Waals surface area contributed by atoms with Gasteiger partial charge < -0.3 is 4.90 Å². The quantitative estimate of drug-likeness (QED) is 0.579. The molecular formula is C10H11NO. The fourth-order valence-corrected chi connectivity index (χ4v) is 1.58. The molecule has 0 aliphatic carbocycles. The Balaban J connectivity index is 2.66. The SMILES string of the molecule is [3H]C1C(=O)c2c(C)cccc2N1C. The molecule has 1 unspecified atom stereocenters. The summed E-state index contributed by atoms with van der Waals surface area (Å²) in [6.45, 7) is 1.15. The Bertz CT molecular complexity index is 375. The normalized spacial score (nSPS) is 22.5. The minimum Gasteiger partial charge on any atom is -0.366 e. The highest BCUT2D eigenvalue weighted by atomic mass is 16.1. The van der Waals surface area contributed by atoms with E-state index in [-0.39, 0.29) is 5.78 Å². The largest absolute Gasteiger partial charge is 0.366 e. The fourth-order valence-electron chi connectivity index (χ4n) is 1.58. The summed E-state index contributed by atoms with van der Waals surface area (Å²) in [7, 11) is 1.78. The van der Waals surface area contributed by atoms with E-state index in [0.29, 0.717) is 5.56 Å². The van der Waals surface area contributed by atoms with Gasteiger partial charge in [-0.05, 0) is 18.6 Å². The van der Waals surface area contributed by atoms with E-state index in [4.69, 9.17) is 1.37 Å². The molecule has 0 saturated carbocycles. The summed E-state index contributed by atoms with van der Waals surface area (Å²) in [6, 6.07) is 5.70. The van der Waals surface area contributed by atoms with E-state index in [1.165, 1.54) is 0 Å². The zero-order valence-electron chi connectivity index (χ0n) is 8.16. The molecule has 0 radical (unpaired) electrons. The van der Waals surface area contributed by atoms with E-state index in [9.17, 15) is 4.79 Å². The Morgan fingerprint density at radius 1 is 1.58 bits per heavy atom. The maximum Gasteiger partial charge on any atom is 0.184 e. The zero-order chi connectivity index (χ0) is 9.59. The van der Waals surface area contributed by atoms with Gasteiger partial charge in [0.15, 0.2) is 5.78 Å². The van der Waals surface area contributed by atoms with Gasteiger partial charge in [-0.3, -0.25) is 4.79 Å². The first-order valence-electron chi connectivity index (χ1n) is 4.49. The summed E-state index contributed by atoms with van der Waals surface area (Å²) >= 11 is 0. The van der Waals surface area contributed by atoms with Gasteiger partial charge in [-0.15, -0.1) is 0 Å². The third kappa shape index (κ3) is 0.843.